The normalized spacial score (nSPS) is 16.4. The van der Waals surface area contributed by atoms with Crippen LogP contribution in [0.3, 0.4) is 0 Å². The maximum Gasteiger partial charge on any atom is 0.260 e. The summed E-state index contributed by atoms with van der Waals surface area (Å²) in [6, 6.07) is 7.10. The Morgan fingerprint density at radius 3 is 2.95 bits per heavy atom. The molecule has 1 saturated heterocycles. The average Bonchev–Trinajstić information content (AvgIpc) is 2.47. The molecule has 5 nitrogen and oxygen atoms in total. The Kier molecular flexibility index (Phi) is 3.69. The summed E-state index contributed by atoms with van der Waals surface area (Å²) in [6.07, 6.45) is 3.18. The molecule has 1 fully saturated rings. The highest BCUT2D eigenvalue weighted by molar-refractivity contribution is 5.42. The molecule has 1 aliphatic rings. The number of fused-ring (bicyclic) bond motifs is 1. The zero-order chi connectivity index (χ0) is 13.9. The van der Waals surface area contributed by atoms with E-state index in [1.807, 2.05) is 12.1 Å². The van der Waals surface area contributed by atoms with Crippen LogP contribution in [0.4, 0.5) is 0 Å². The van der Waals surface area contributed by atoms with Gasteiger partial charge in [0.15, 0.2) is 0 Å². The third-order valence-corrected chi connectivity index (χ3v) is 3.87. The summed E-state index contributed by atoms with van der Waals surface area (Å²) in [6.45, 7) is 2.12. The largest absolute Gasteiger partial charge is 0.482 e. The van der Waals surface area contributed by atoms with Crippen LogP contribution in [0.1, 0.15) is 18.5 Å². The predicted octanol–water partition coefficient (Wildman–Crippen LogP) is 1.25. The van der Waals surface area contributed by atoms with Gasteiger partial charge < -0.3 is 10.1 Å². The van der Waals surface area contributed by atoms with Crippen molar-refractivity contribution in [2.45, 2.75) is 19.3 Å². The lowest BCUT2D eigenvalue weighted by Gasteiger charge is -2.22. The molecule has 0 aromatic carbocycles. The van der Waals surface area contributed by atoms with Crippen molar-refractivity contribution in [3.05, 3.63) is 40.3 Å². The second kappa shape index (κ2) is 5.63. The van der Waals surface area contributed by atoms with Crippen molar-refractivity contribution in [2.75, 3.05) is 20.2 Å². The number of aromatic nitrogens is 2. The monoisotopic (exact) mass is 273 g/mol. The number of rotatable bonds is 3. The first-order valence-electron chi connectivity index (χ1n) is 7.04. The van der Waals surface area contributed by atoms with Crippen LogP contribution < -0.4 is 15.6 Å². The van der Waals surface area contributed by atoms with Gasteiger partial charge in [-0.25, -0.2) is 9.38 Å². The molecule has 1 aliphatic heterocycles. The van der Waals surface area contributed by atoms with Crippen molar-refractivity contribution >= 4 is 5.65 Å². The minimum absolute atomic E-state index is 0.0728. The van der Waals surface area contributed by atoms with E-state index in [2.05, 4.69) is 10.3 Å². The maximum absolute atomic E-state index is 12.3. The van der Waals surface area contributed by atoms with Crippen molar-refractivity contribution in [3.8, 4) is 5.88 Å². The zero-order valence-electron chi connectivity index (χ0n) is 11.6. The summed E-state index contributed by atoms with van der Waals surface area (Å²) >= 11 is 0. The number of hydrogen-bond donors (Lipinski definition) is 1. The van der Waals surface area contributed by atoms with Crippen molar-refractivity contribution in [1.82, 2.24) is 14.7 Å². The molecule has 0 unspecified atom stereocenters. The van der Waals surface area contributed by atoms with Gasteiger partial charge in [-0.15, -0.1) is 0 Å². The van der Waals surface area contributed by atoms with E-state index >= 15 is 0 Å². The van der Waals surface area contributed by atoms with Crippen LogP contribution >= 0.6 is 0 Å². The third-order valence-electron chi connectivity index (χ3n) is 3.87. The fraction of sp³-hybridized carbons (Fsp3) is 0.467. The maximum atomic E-state index is 12.3. The molecule has 0 bridgehead atoms. The summed E-state index contributed by atoms with van der Waals surface area (Å²) in [4.78, 5) is 16.9. The summed E-state index contributed by atoms with van der Waals surface area (Å²) < 4.78 is 6.72. The highest BCUT2D eigenvalue weighted by Crippen LogP contribution is 2.17. The molecular weight excluding hydrogens is 254 g/mol. The van der Waals surface area contributed by atoms with E-state index in [0.717, 1.165) is 38.0 Å². The Labute approximate surface area is 117 Å². The van der Waals surface area contributed by atoms with Gasteiger partial charge in [-0.2, -0.15) is 0 Å². The highest BCUT2D eigenvalue weighted by atomic mass is 16.5. The molecule has 0 aliphatic carbocycles. The topological polar surface area (TPSA) is 55.6 Å². The van der Waals surface area contributed by atoms with Crippen LogP contribution in [0.2, 0.25) is 0 Å². The van der Waals surface area contributed by atoms with Gasteiger partial charge in [0.05, 0.1) is 7.11 Å². The van der Waals surface area contributed by atoms with E-state index in [4.69, 9.17) is 4.74 Å². The molecule has 5 heteroatoms. The number of nitrogens with zero attached hydrogens (tertiary/aromatic N) is 2. The standard InChI is InChI=1S/C15H19N3O2/c1-20-15-4-2-3-13-17-12(10-14(19)18(13)15)9-11-5-7-16-8-6-11/h2-4,10-11,16H,5-9H2,1H3. The lowest BCUT2D eigenvalue weighted by molar-refractivity contribution is 0.369. The fourth-order valence-corrected chi connectivity index (χ4v) is 2.82. The number of nitrogens with one attached hydrogen (secondary N) is 1. The van der Waals surface area contributed by atoms with Crippen LogP contribution in [0, 0.1) is 5.92 Å². The summed E-state index contributed by atoms with van der Waals surface area (Å²) in [5.41, 5.74) is 1.47. The summed E-state index contributed by atoms with van der Waals surface area (Å²) in [7, 11) is 1.56. The lowest BCUT2D eigenvalue weighted by Crippen LogP contribution is -2.29. The quantitative estimate of drug-likeness (QED) is 0.914. The SMILES string of the molecule is COc1cccc2nc(CC3CCNCC3)cc(=O)n12. The van der Waals surface area contributed by atoms with Crippen LogP contribution in [-0.4, -0.2) is 29.6 Å². The molecule has 2 aromatic heterocycles. The van der Waals surface area contributed by atoms with Gasteiger partial charge in [0.25, 0.3) is 5.56 Å². The van der Waals surface area contributed by atoms with Gasteiger partial charge in [0, 0.05) is 11.8 Å². The van der Waals surface area contributed by atoms with Crippen LogP contribution in [0.5, 0.6) is 5.88 Å². The molecule has 0 radical (unpaired) electrons. The summed E-state index contributed by atoms with van der Waals surface area (Å²) in [5.74, 6) is 1.14. The number of methoxy groups -OCH3 is 1. The van der Waals surface area contributed by atoms with Crippen molar-refractivity contribution in [1.29, 1.82) is 0 Å². The zero-order valence-corrected chi connectivity index (χ0v) is 11.6. The molecule has 0 saturated carbocycles. The Hall–Kier alpha value is -1.88. The number of piperidine rings is 1. The van der Waals surface area contributed by atoms with Crippen molar-refractivity contribution in [2.24, 2.45) is 5.92 Å². The highest BCUT2D eigenvalue weighted by Gasteiger charge is 2.15. The second-order valence-corrected chi connectivity index (χ2v) is 5.24. The molecule has 106 valence electrons. The third kappa shape index (κ3) is 2.54. The molecule has 3 heterocycles. The molecule has 0 atom stereocenters. The molecule has 3 rings (SSSR count). The first kappa shape index (κ1) is 13.1. The van der Waals surface area contributed by atoms with Crippen LogP contribution in [-0.2, 0) is 6.42 Å². The molecule has 0 spiro atoms. The summed E-state index contributed by atoms with van der Waals surface area (Å²) in [5, 5.41) is 3.35. The van der Waals surface area contributed by atoms with Crippen molar-refractivity contribution in [3.63, 3.8) is 0 Å². The van der Waals surface area contributed by atoms with Gasteiger partial charge in [-0.1, -0.05) is 6.07 Å². The molecular formula is C15H19N3O2. The number of pyridine rings is 1. The van der Waals surface area contributed by atoms with Gasteiger partial charge in [-0.3, -0.25) is 4.79 Å². The van der Waals surface area contributed by atoms with Gasteiger partial charge in [-0.05, 0) is 50.4 Å². The molecule has 1 N–H and O–H groups in total. The first-order chi connectivity index (χ1) is 9.78. The number of ether oxygens (including phenoxy) is 1. The van der Waals surface area contributed by atoms with Gasteiger partial charge >= 0.3 is 0 Å². The van der Waals surface area contributed by atoms with E-state index in [1.165, 1.54) is 4.40 Å². The Morgan fingerprint density at radius 1 is 1.40 bits per heavy atom. The van der Waals surface area contributed by atoms with E-state index in [-0.39, 0.29) is 5.56 Å². The Morgan fingerprint density at radius 2 is 2.20 bits per heavy atom. The minimum Gasteiger partial charge on any atom is -0.482 e. The van der Waals surface area contributed by atoms with Gasteiger partial charge in [0.2, 0.25) is 5.88 Å². The molecule has 2 aromatic rings. The van der Waals surface area contributed by atoms with Crippen LogP contribution in [0.25, 0.3) is 5.65 Å². The fourth-order valence-electron chi connectivity index (χ4n) is 2.82. The van der Waals surface area contributed by atoms with E-state index in [0.29, 0.717) is 17.4 Å². The van der Waals surface area contributed by atoms with Gasteiger partial charge in [0.1, 0.15) is 5.65 Å². The minimum atomic E-state index is -0.0728. The molecule has 0 amide bonds. The number of hydrogen-bond acceptors (Lipinski definition) is 4. The Bertz CT molecular complexity index is 660. The van der Waals surface area contributed by atoms with E-state index in [9.17, 15) is 4.79 Å². The van der Waals surface area contributed by atoms with Crippen molar-refractivity contribution < 1.29 is 4.74 Å². The molecule has 20 heavy (non-hydrogen) atoms. The Balaban J connectivity index is 1.95. The van der Waals surface area contributed by atoms with E-state index < -0.39 is 0 Å². The average molecular weight is 273 g/mol. The lowest BCUT2D eigenvalue weighted by atomic mass is 9.93. The van der Waals surface area contributed by atoms with Crippen LogP contribution in [0.15, 0.2) is 29.1 Å². The first-order valence-corrected chi connectivity index (χ1v) is 7.04. The predicted molar refractivity (Wildman–Crippen MR) is 77.3 cm³/mol. The smallest absolute Gasteiger partial charge is 0.260 e. The van der Waals surface area contributed by atoms with E-state index in [1.54, 1.807) is 19.2 Å². The second-order valence-electron chi connectivity index (χ2n) is 5.24.